The minimum Gasteiger partial charge on any atom is -0.324 e. The molecule has 1 aliphatic heterocycles. The number of thioether (sulfide) groups is 1. The number of aryl methyl sites for hydroxylation is 1. The molecule has 0 spiro atoms. The summed E-state index contributed by atoms with van der Waals surface area (Å²) in [5.41, 5.74) is -0.214. The molecule has 0 atom stereocenters. The van der Waals surface area contributed by atoms with Gasteiger partial charge < -0.3 is 5.32 Å². The van der Waals surface area contributed by atoms with Crippen molar-refractivity contribution >= 4 is 40.4 Å². The molecule has 4 rings (SSSR count). The lowest BCUT2D eigenvalue weighted by Crippen LogP contribution is -2.40. The first-order valence-electron chi connectivity index (χ1n) is 8.91. The monoisotopic (exact) mass is 400 g/mol. The first-order chi connectivity index (χ1) is 13.3. The fourth-order valence-corrected chi connectivity index (χ4v) is 4.18. The van der Waals surface area contributed by atoms with Crippen molar-refractivity contribution in [2.45, 2.75) is 31.0 Å². The van der Waals surface area contributed by atoms with Crippen molar-refractivity contribution in [3.63, 3.8) is 0 Å². The second-order valence-corrected chi connectivity index (χ2v) is 8.28. The van der Waals surface area contributed by atoms with Gasteiger partial charge in [-0.1, -0.05) is 23.9 Å². The fraction of sp³-hybridized carbons (Fsp3) is 0.389. The standard InChI is InChI=1S/C18H20N6O3S/c1-18(2)14(26)23(16(27)19-18)9-6-10-28-17-21-20-15-22(3)13(25)11-7-4-5-8-12(11)24(15)17/h4-5,7-8H,6,9-10H2,1-3H3,(H,19,27). The van der Waals surface area contributed by atoms with Gasteiger partial charge in [-0.3, -0.25) is 23.5 Å². The van der Waals surface area contributed by atoms with Crippen LogP contribution in [-0.4, -0.2) is 53.8 Å². The van der Waals surface area contributed by atoms with E-state index in [0.29, 0.717) is 35.0 Å². The van der Waals surface area contributed by atoms with Crippen LogP contribution >= 0.6 is 11.8 Å². The second kappa shape index (κ2) is 6.62. The molecule has 0 radical (unpaired) electrons. The van der Waals surface area contributed by atoms with E-state index in [1.807, 2.05) is 22.6 Å². The highest BCUT2D eigenvalue weighted by Gasteiger charge is 2.43. The molecule has 28 heavy (non-hydrogen) atoms. The van der Waals surface area contributed by atoms with Crippen molar-refractivity contribution in [3.05, 3.63) is 34.6 Å². The number of carbonyl (C=O) groups excluding carboxylic acids is 2. The van der Waals surface area contributed by atoms with Crippen LogP contribution in [0.25, 0.3) is 16.7 Å². The molecular formula is C18H20N6O3S. The highest BCUT2D eigenvalue weighted by molar-refractivity contribution is 7.99. The Morgan fingerprint density at radius 2 is 1.89 bits per heavy atom. The van der Waals surface area contributed by atoms with Crippen LogP contribution in [0, 0.1) is 0 Å². The topological polar surface area (TPSA) is 102 Å². The third-order valence-corrected chi connectivity index (χ3v) is 5.81. The molecule has 3 aromatic rings. The summed E-state index contributed by atoms with van der Waals surface area (Å²) in [7, 11) is 1.67. The second-order valence-electron chi connectivity index (χ2n) is 7.21. The molecule has 1 N–H and O–H groups in total. The zero-order valence-electron chi connectivity index (χ0n) is 15.8. The summed E-state index contributed by atoms with van der Waals surface area (Å²) in [6, 6.07) is 6.99. The Morgan fingerprint density at radius 3 is 2.61 bits per heavy atom. The number of aromatic nitrogens is 4. The predicted octanol–water partition coefficient (Wildman–Crippen LogP) is 1.39. The minimum absolute atomic E-state index is 0.117. The number of rotatable bonds is 5. The Kier molecular flexibility index (Phi) is 4.37. The summed E-state index contributed by atoms with van der Waals surface area (Å²) in [6.45, 7) is 3.73. The fourth-order valence-electron chi connectivity index (χ4n) is 3.31. The number of hydrogen-bond acceptors (Lipinski definition) is 6. The van der Waals surface area contributed by atoms with Crippen LogP contribution in [0.15, 0.2) is 34.2 Å². The number of amides is 3. The highest BCUT2D eigenvalue weighted by Crippen LogP contribution is 2.23. The Labute approximate surface area is 164 Å². The van der Waals surface area contributed by atoms with Gasteiger partial charge in [0.25, 0.3) is 11.5 Å². The number of fused-ring (bicyclic) bond motifs is 3. The van der Waals surface area contributed by atoms with Gasteiger partial charge in [0.2, 0.25) is 5.78 Å². The van der Waals surface area contributed by atoms with Crippen LogP contribution in [0.3, 0.4) is 0 Å². The Morgan fingerprint density at radius 1 is 1.14 bits per heavy atom. The molecule has 10 heteroatoms. The summed E-state index contributed by atoms with van der Waals surface area (Å²) in [6.07, 6.45) is 0.624. The summed E-state index contributed by atoms with van der Waals surface area (Å²) in [5.74, 6) is 0.911. The zero-order chi connectivity index (χ0) is 20.1. The van der Waals surface area contributed by atoms with Crippen molar-refractivity contribution in [2.75, 3.05) is 12.3 Å². The Bertz CT molecular complexity index is 1170. The maximum atomic E-state index is 12.5. The van der Waals surface area contributed by atoms with Crippen molar-refractivity contribution in [3.8, 4) is 0 Å². The Hall–Kier alpha value is -2.88. The predicted molar refractivity (Wildman–Crippen MR) is 105 cm³/mol. The number of urea groups is 1. The molecule has 0 saturated carbocycles. The lowest BCUT2D eigenvalue weighted by molar-refractivity contribution is -0.130. The third kappa shape index (κ3) is 2.84. The van der Waals surface area contributed by atoms with Gasteiger partial charge in [-0.05, 0) is 32.4 Å². The molecule has 0 unspecified atom stereocenters. The lowest BCUT2D eigenvalue weighted by atomic mass is 10.1. The average molecular weight is 400 g/mol. The number of para-hydroxylation sites is 1. The quantitative estimate of drug-likeness (QED) is 0.395. The summed E-state index contributed by atoms with van der Waals surface area (Å²) >= 11 is 1.48. The summed E-state index contributed by atoms with van der Waals surface area (Å²) in [5, 5.41) is 12.3. The number of imide groups is 1. The maximum absolute atomic E-state index is 12.5. The van der Waals surface area contributed by atoms with Crippen LogP contribution in [0.5, 0.6) is 0 Å². The summed E-state index contributed by atoms with van der Waals surface area (Å²) < 4.78 is 3.34. The van der Waals surface area contributed by atoms with Gasteiger partial charge in [-0.15, -0.1) is 10.2 Å². The molecule has 1 aliphatic rings. The van der Waals surface area contributed by atoms with Gasteiger partial charge in [0.15, 0.2) is 5.16 Å². The van der Waals surface area contributed by atoms with Gasteiger partial charge in [-0.2, -0.15) is 0 Å². The molecule has 3 heterocycles. The van der Waals surface area contributed by atoms with Gasteiger partial charge in [-0.25, -0.2) is 4.79 Å². The van der Waals surface area contributed by atoms with Crippen LogP contribution < -0.4 is 10.9 Å². The molecule has 9 nitrogen and oxygen atoms in total. The van der Waals surface area contributed by atoms with Crippen LogP contribution in [-0.2, 0) is 11.8 Å². The van der Waals surface area contributed by atoms with E-state index in [4.69, 9.17) is 0 Å². The lowest BCUT2D eigenvalue weighted by Gasteiger charge is -2.15. The van der Waals surface area contributed by atoms with Crippen molar-refractivity contribution < 1.29 is 9.59 Å². The normalized spacial score (nSPS) is 16.3. The van der Waals surface area contributed by atoms with E-state index in [9.17, 15) is 14.4 Å². The van der Waals surface area contributed by atoms with Crippen molar-refractivity contribution in [1.82, 2.24) is 29.4 Å². The molecular weight excluding hydrogens is 380 g/mol. The van der Waals surface area contributed by atoms with Gasteiger partial charge >= 0.3 is 6.03 Å². The van der Waals surface area contributed by atoms with Crippen LogP contribution in [0.1, 0.15) is 20.3 Å². The largest absolute Gasteiger partial charge is 0.325 e. The van der Waals surface area contributed by atoms with E-state index in [1.165, 1.54) is 21.2 Å². The minimum atomic E-state index is -0.850. The molecule has 1 saturated heterocycles. The average Bonchev–Trinajstić information content (AvgIpc) is 3.16. The first-order valence-corrected chi connectivity index (χ1v) is 9.89. The first kappa shape index (κ1) is 18.5. The number of carbonyl (C=O) groups is 2. The number of hydrogen-bond donors (Lipinski definition) is 1. The Balaban J connectivity index is 1.53. The number of nitrogens with one attached hydrogen (secondary N) is 1. The van der Waals surface area contributed by atoms with E-state index in [-0.39, 0.29) is 17.5 Å². The number of benzene rings is 1. The van der Waals surface area contributed by atoms with Gasteiger partial charge in [0.05, 0.1) is 10.9 Å². The van der Waals surface area contributed by atoms with Gasteiger partial charge in [0, 0.05) is 19.3 Å². The summed E-state index contributed by atoms with van der Waals surface area (Å²) in [4.78, 5) is 37.9. The highest BCUT2D eigenvalue weighted by atomic mass is 32.2. The molecule has 0 bridgehead atoms. The van der Waals surface area contributed by atoms with E-state index in [0.717, 1.165) is 5.52 Å². The van der Waals surface area contributed by atoms with Crippen molar-refractivity contribution in [1.29, 1.82) is 0 Å². The maximum Gasteiger partial charge on any atom is 0.325 e. The van der Waals surface area contributed by atoms with E-state index in [2.05, 4.69) is 15.5 Å². The smallest absolute Gasteiger partial charge is 0.324 e. The molecule has 3 amide bonds. The van der Waals surface area contributed by atoms with E-state index >= 15 is 0 Å². The van der Waals surface area contributed by atoms with Crippen LogP contribution in [0.2, 0.25) is 0 Å². The molecule has 1 fully saturated rings. The molecule has 1 aromatic carbocycles. The molecule has 0 aliphatic carbocycles. The van der Waals surface area contributed by atoms with E-state index in [1.54, 1.807) is 27.0 Å². The van der Waals surface area contributed by atoms with E-state index < -0.39 is 5.54 Å². The van der Waals surface area contributed by atoms with Crippen LogP contribution in [0.4, 0.5) is 4.79 Å². The third-order valence-electron chi connectivity index (χ3n) is 4.80. The zero-order valence-corrected chi connectivity index (χ0v) is 16.6. The van der Waals surface area contributed by atoms with Gasteiger partial charge in [0.1, 0.15) is 5.54 Å². The SMILES string of the molecule is Cn1c(=O)c2ccccc2n2c(SCCCN3C(=O)NC(C)(C)C3=O)nnc12. The molecule has 146 valence electrons. The number of nitrogens with zero attached hydrogens (tertiary/aromatic N) is 5. The van der Waals surface area contributed by atoms with Crippen molar-refractivity contribution in [2.24, 2.45) is 7.05 Å². The molecule has 2 aromatic heterocycles.